The third kappa shape index (κ3) is 6.58. The molecular weight excluding hydrogens is 460 g/mol. The van der Waals surface area contributed by atoms with Crippen LogP contribution >= 0.6 is 15.9 Å². The molecule has 0 saturated carbocycles. The lowest BCUT2D eigenvalue weighted by molar-refractivity contribution is -0.0231. The number of aliphatic hydroxyl groups excluding tert-OH is 1. The van der Waals surface area contributed by atoms with Crippen molar-refractivity contribution >= 4 is 24.2 Å². The number of rotatable bonds is 9. The van der Waals surface area contributed by atoms with E-state index in [9.17, 15) is 5.11 Å². The van der Waals surface area contributed by atoms with Crippen LogP contribution in [0, 0.1) is 0 Å². The maximum absolute atomic E-state index is 9.42. The van der Waals surface area contributed by atoms with E-state index < -0.39 is 8.32 Å². The van der Waals surface area contributed by atoms with Crippen LogP contribution in [0.2, 0.25) is 18.1 Å². The average Bonchev–Trinajstić information content (AvgIpc) is 2.66. The maximum atomic E-state index is 9.42. The van der Waals surface area contributed by atoms with Crippen molar-refractivity contribution in [2.24, 2.45) is 0 Å². The Morgan fingerprint density at radius 3 is 2.27 bits per heavy atom. The Bertz CT molecular complexity index is 818. The van der Waals surface area contributed by atoms with Gasteiger partial charge in [-0.05, 0) is 65.6 Å². The summed E-state index contributed by atoms with van der Waals surface area (Å²) in [7, 11) is -2.00. The van der Waals surface area contributed by atoms with E-state index in [0.717, 1.165) is 27.1 Å². The first-order valence-corrected chi connectivity index (χ1v) is 14.1. The zero-order chi connectivity index (χ0) is 22.5. The lowest BCUT2D eigenvalue weighted by Crippen LogP contribution is -2.43. The van der Waals surface area contributed by atoms with Crippen LogP contribution in [0.15, 0.2) is 46.9 Å². The number of halogens is 1. The van der Waals surface area contributed by atoms with Crippen molar-refractivity contribution in [3.8, 4) is 11.5 Å². The van der Waals surface area contributed by atoms with Gasteiger partial charge in [-0.25, -0.2) is 0 Å². The van der Waals surface area contributed by atoms with E-state index in [4.69, 9.17) is 13.9 Å². The van der Waals surface area contributed by atoms with Gasteiger partial charge in [-0.2, -0.15) is 0 Å². The molecule has 0 radical (unpaired) electrons. The lowest BCUT2D eigenvalue weighted by Gasteiger charge is -2.36. The SMILES string of the molecule is C[C@@H](CO)O[C@H](C)c1cc(O[Si](C)(C)C(C)(C)C)cc(Br)c1OCc1ccccc1. The molecule has 6 heteroatoms. The highest BCUT2D eigenvalue weighted by Crippen LogP contribution is 2.42. The van der Waals surface area contributed by atoms with Crippen molar-refractivity contribution in [2.75, 3.05) is 6.61 Å². The summed E-state index contributed by atoms with van der Waals surface area (Å²) in [5, 5.41) is 9.51. The molecule has 0 heterocycles. The van der Waals surface area contributed by atoms with Gasteiger partial charge in [0, 0.05) is 5.56 Å². The van der Waals surface area contributed by atoms with Gasteiger partial charge in [0.05, 0.1) is 23.3 Å². The fraction of sp³-hybridized carbons (Fsp3) is 0.500. The summed E-state index contributed by atoms with van der Waals surface area (Å²) in [6, 6.07) is 14.1. The monoisotopic (exact) mass is 494 g/mol. The van der Waals surface area contributed by atoms with E-state index in [1.54, 1.807) is 0 Å². The Labute approximate surface area is 190 Å². The minimum atomic E-state index is -2.00. The minimum Gasteiger partial charge on any atom is -0.543 e. The summed E-state index contributed by atoms with van der Waals surface area (Å²) in [5.41, 5.74) is 1.99. The largest absolute Gasteiger partial charge is 0.543 e. The van der Waals surface area contributed by atoms with Gasteiger partial charge in [-0.1, -0.05) is 51.1 Å². The van der Waals surface area contributed by atoms with E-state index in [2.05, 4.69) is 49.8 Å². The molecule has 0 aromatic heterocycles. The van der Waals surface area contributed by atoms with Gasteiger partial charge in [0.15, 0.2) is 0 Å². The Kier molecular flexibility index (Phi) is 8.57. The molecule has 0 amide bonds. The highest BCUT2D eigenvalue weighted by Gasteiger charge is 2.39. The predicted octanol–water partition coefficient (Wildman–Crippen LogP) is 6.87. The molecule has 0 saturated heterocycles. The van der Waals surface area contributed by atoms with Gasteiger partial charge < -0.3 is 19.0 Å². The summed E-state index contributed by atoms with van der Waals surface area (Å²) < 4.78 is 19.6. The van der Waals surface area contributed by atoms with Gasteiger partial charge in [-0.15, -0.1) is 0 Å². The van der Waals surface area contributed by atoms with Gasteiger partial charge in [0.25, 0.3) is 0 Å². The van der Waals surface area contributed by atoms with Gasteiger partial charge in [0.2, 0.25) is 8.32 Å². The van der Waals surface area contributed by atoms with Gasteiger partial charge in [0.1, 0.15) is 18.1 Å². The van der Waals surface area contributed by atoms with E-state index in [-0.39, 0.29) is 23.9 Å². The molecule has 2 aromatic carbocycles. The van der Waals surface area contributed by atoms with Crippen LogP contribution in [0.1, 0.15) is 51.8 Å². The zero-order valence-corrected chi connectivity index (χ0v) is 21.7. The fourth-order valence-electron chi connectivity index (χ4n) is 2.74. The average molecular weight is 496 g/mol. The molecule has 0 aliphatic rings. The van der Waals surface area contributed by atoms with Crippen LogP contribution in [-0.4, -0.2) is 26.1 Å². The first-order chi connectivity index (χ1) is 13.9. The molecule has 2 rings (SSSR count). The Morgan fingerprint density at radius 1 is 1.07 bits per heavy atom. The maximum Gasteiger partial charge on any atom is 0.250 e. The number of hydrogen-bond donors (Lipinski definition) is 1. The molecule has 4 nitrogen and oxygen atoms in total. The van der Waals surface area contributed by atoms with Crippen molar-refractivity contribution in [2.45, 2.75) is 71.6 Å². The standard InChI is InChI=1S/C24H35BrO4Si/c1-17(15-26)28-18(2)21-13-20(29-30(6,7)24(3,4)5)14-22(25)23(21)27-16-19-11-9-8-10-12-19/h8-14,17-18,26H,15-16H2,1-7H3/t17-,18+/m0/s1. The Hall–Kier alpha value is -1.34. The first kappa shape index (κ1) is 24.9. The summed E-state index contributed by atoms with van der Waals surface area (Å²) >= 11 is 3.69. The molecule has 166 valence electrons. The van der Waals surface area contributed by atoms with Crippen molar-refractivity contribution in [1.82, 2.24) is 0 Å². The van der Waals surface area contributed by atoms with E-state index >= 15 is 0 Å². The predicted molar refractivity (Wildman–Crippen MR) is 129 cm³/mol. The van der Waals surface area contributed by atoms with Crippen LogP contribution in [0.25, 0.3) is 0 Å². The molecule has 30 heavy (non-hydrogen) atoms. The number of ether oxygens (including phenoxy) is 2. The summed E-state index contributed by atoms with van der Waals surface area (Å²) in [4.78, 5) is 0. The molecular formula is C24H35BrO4Si. The second-order valence-electron chi connectivity index (χ2n) is 9.23. The quantitative estimate of drug-likeness (QED) is 0.386. The second kappa shape index (κ2) is 10.3. The normalized spacial score (nSPS) is 14.3. The Balaban J connectivity index is 2.39. The summed E-state index contributed by atoms with van der Waals surface area (Å²) in [6.07, 6.45) is -0.539. The van der Waals surface area contributed by atoms with Crippen LogP contribution in [0.4, 0.5) is 0 Å². The molecule has 0 spiro atoms. The van der Waals surface area contributed by atoms with Crippen molar-refractivity contribution in [3.63, 3.8) is 0 Å². The van der Waals surface area contributed by atoms with E-state index in [1.807, 2.05) is 56.3 Å². The molecule has 0 bridgehead atoms. The second-order valence-corrected chi connectivity index (χ2v) is 14.8. The summed E-state index contributed by atoms with van der Waals surface area (Å²) in [5.74, 6) is 1.54. The Morgan fingerprint density at radius 2 is 1.70 bits per heavy atom. The smallest absolute Gasteiger partial charge is 0.250 e. The topological polar surface area (TPSA) is 47.9 Å². The van der Waals surface area contributed by atoms with Crippen LogP contribution < -0.4 is 9.16 Å². The molecule has 0 unspecified atom stereocenters. The number of hydrogen-bond acceptors (Lipinski definition) is 4. The lowest BCUT2D eigenvalue weighted by atomic mass is 10.1. The summed E-state index contributed by atoms with van der Waals surface area (Å²) in [6.45, 7) is 15.4. The molecule has 2 atom stereocenters. The molecule has 1 N–H and O–H groups in total. The van der Waals surface area contributed by atoms with Crippen molar-refractivity contribution < 1.29 is 19.0 Å². The third-order valence-electron chi connectivity index (χ3n) is 5.58. The molecule has 0 aliphatic heterocycles. The van der Waals surface area contributed by atoms with Gasteiger partial charge in [-0.3, -0.25) is 0 Å². The molecule has 0 fully saturated rings. The van der Waals surface area contributed by atoms with Crippen molar-refractivity contribution in [1.29, 1.82) is 0 Å². The molecule has 0 aliphatic carbocycles. The molecule has 2 aromatic rings. The zero-order valence-electron chi connectivity index (χ0n) is 19.2. The highest BCUT2D eigenvalue weighted by molar-refractivity contribution is 9.10. The minimum absolute atomic E-state index is 0.0358. The van der Waals surface area contributed by atoms with E-state index in [1.165, 1.54) is 0 Å². The van der Waals surface area contributed by atoms with Crippen LogP contribution in [-0.2, 0) is 11.3 Å². The van der Waals surface area contributed by atoms with Crippen LogP contribution in [0.3, 0.4) is 0 Å². The van der Waals surface area contributed by atoms with Crippen molar-refractivity contribution in [3.05, 3.63) is 58.1 Å². The number of aliphatic hydroxyl groups is 1. The first-order valence-electron chi connectivity index (χ1n) is 10.4. The number of benzene rings is 2. The fourth-order valence-corrected chi connectivity index (χ4v) is 4.33. The van der Waals surface area contributed by atoms with Crippen LogP contribution in [0.5, 0.6) is 11.5 Å². The third-order valence-corrected chi connectivity index (χ3v) is 10.5. The highest BCUT2D eigenvalue weighted by atomic mass is 79.9. The van der Waals surface area contributed by atoms with E-state index in [0.29, 0.717) is 6.61 Å². The van der Waals surface area contributed by atoms with Gasteiger partial charge >= 0.3 is 0 Å².